The predicted octanol–water partition coefficient (Wildman–Crippen LogP) is 9.70. The van der Waals surface area contributed by atoms with Crippen LogP contribution >= 0.6 is 0 Å². The Morgan fingerprint density at radius 1 is 0.975 bits per heavy atom. The van der Waals surface area contributed by atoms with Gasteiger partial charge in [-0.2, -0.15) is 0 Å². The molecule has 0 bridgehead atoms. The monoisotopic (exact) mass is 567 g/mol. The highest BCUT2D eigenvalue weighted by Gasteiger charge is 2.51. The van der Waals surface area contributed by atoms with Gasteiger partial charge in [-0.25, -0.2) is 4.79 Å². The molecule has 0 spiro atoms. The number of ketones is 1. The zero-order valence-electron chi connectivity index (χ0n) is 27.3. The molecule has 4 atom stereocenters. The lowest BCUT2D eigenvalue weighted by Crippen LogP contribution is -2.54. The summed E-state index contributed by atoms with van der Waals surface area (Å²) in [4.78, 5) is 30.0. The summed E-state index contributed by atoms with van der Waals surface area (Å²) < 4.78 is 6.56. The lowest BCUT2D eigenvalue weighted by molar-refractivity contribution is -0.117. The Kier molecular flexibility index (Phi) is 10.6. The fourth-order valence-electron chi connectivity index (χ4n) is 8.52. The van der Waals surface area contributed by atoms with Crippen LogP contribution in [0.15, 0.2) is 41.7 Å². The molecule has 3 rings (SSSR count). The van der Waals surface area contributed by atoms with Crippen LogP contribution < -0.4 is 0 Å². The summed E-state index contributed by atoms with van der Waals surface area (Å²) in [6.45, 7) is 24.9. The molecule has 40 heavy (non-hydrogen) atoms. The van der Waals surface area contributed by atoms with Gasteiger partial charge in [-0.15, -0.1) is 0 Å². The Hall–Kier alpha value is -1.88. The molecule has 224 valence electrons. The normalized spacial score (nSPS) is 24.7. The van der Waals surface area contributed by atoms with E-state index >= 15 is 0 Å². The molecule has 4 nitrogen and oxygen atoms in total. The fourth-order valence-corrected chi connectivity index (χ4v) is 15.3. The summed E-state index contributed by atoms with van der Waals surface area (Å²) in [7, 11) is -2.24. The van der Waals surface area contributed by atoms with Crippen LogP contribution in [0.1, 0.15) is 114 Å². The lowest BCUT2D eigenvalue weighted by Gasteiger charge is -2.48. The average Bonchev–Trinajstić information content (AvgIpc) is 2.85. The number of carbonyl (C=O) groups excluding carboxylic acids is 2. The summed E-state index contributed by atoms with van der Waals surface area (Å²) in [5.41, 5.74) is 2.38. The number of ether oxygens (including phenoxy) is 1. The van der Waals surface area contributed by atoms with Gasteiger partial charge < -0.3 is 4.74 Å². The first-order chi connectivity index (χ1) is 18.6. The Morgan fingerprint density at radius 2 is 1.55 bits per heavy atom. The molecule has 1 heterocycles. The second-order valence-corrected chi connectivity index (χ2v) is 20.7. The second-order valence-electron chi connectivity index (χ2n) is 14.8. The van der Waals surface area contributed by atoms with Crippen LogP contribution in [0.2, 0.25) is 16.6 Å². The highest BCUT2D eigenvalue weighted by molar-refractivity contribution is 6.93. The summed E-state index contributed by atoms with van der Waals surface area (Å²) in [5.74, 6) is 1.39. The van der Waals surface area contributed by atoms with Crippen LogP contribution in [0.3, 0.4) is 0 Å². The van der Waals surface area contributed by atoms with E-state index in [9.17, 15) is 9.59 Å². The number of hydrogen-bond acceptors (Lipinski definition) is 3. The number of Topliss-reactive ketones (excluding diaryl/α,β-unsaturated/α-hetero) is 1. The quantitative estimate of drug-likeness (QED) is 0.279. The van der Waals surface area contributed by atoms with Gasteiger partial charge in [-0.3, -0.25) is 9.69 Å². The van der Waals surface area contributed by atoms with Crippen molar-refractivity contribution in [2.24, 2.45) is 17.8 Å². The summed E-state index contributed by atoms with van der Waals surface area (Å²) >= 11 is 0. The van der Waals surface area contributed by atoms with Gasteiger partial charge in [0.1, 0.15) is 14.2 Å². The van der Waals surface area contributed by atoms with E-state index in [0.717, 1.165) is 30.9 Å². The van der Waals surface area contributed by atoms with Crippen LogP contribution in [0, 0.1) is 17.8 Å². The minimum atomic E-state index is -2.24. The van der Waals surface area contributed by atoms with Crippen molar-refractivity contribution in [1.82, 2.24) is 4.90 Å². The van der Waals surface area contributed by atoms with E-state index in [1.54, 1.807) is 0 Å². The highest BCUT2D eigenvalue weighted by Crippen LogP contribution is 2.49. The molecule has 1 aromatic rings. The summed E-state index contributed by atoms with van der Waals surface area (Å²) in [5, 5.41) is 0.947. The number of amides is 1. The highest BCUT2D eigenvalue weighted by atomic mass is 28.3. The van der Waals surface area contributed by atoms with Gasteiger partial charge in [0.2, 0.25) is 0 Å². The fraction of sp³-hybridized carbons (Fsp3) is 0.714. The number of rotatable bonds is 9. The molecule has 1 amide bonds. The van der Waals surface area contributed by atoms with Gasteiger partial charge in [0.05, 0.1) is 0 Å². The van der Waals surface area contributed by atoms with Crippen LogP contribution in [0.5, 0.6) is 0 Å². The van der Waals surface area contributed by atoms with Crippen molar-refractivity contribution >= 4 is 20.0 Å². The van der Waals surface area contributed by atoms with Crippen molar-refractivity contribution in [2.75, 3.05) is 0 Å². The van der Waals surface area contributed by atoms with E-state index in [1.807, 2.05) is 11.1 Å². The number of allylic oxidation sites excluding steroid dienone is 1. The van der Waals surface area contributed by atoms with Gasteiger partial charge in [0, 0.05) is 24.6 Å². The third-order valence-electron chi connectivity index (χ3n) is 10.4. The van der Waals surface area contributed by atoms with E-state index in [2.05, 4.69) is 106 Å². The summed E-state index contributed by atoms with van der Waals surface area (Å²) in [6, 6.07) is 10.5. The SMILES string of the molecule is CC(C)C[C@@H]1CC(=O)C([Si](C(C)C)(C(C)C)C(C)C)=CN1C(=O)O[C@@H]1C[C@H](C)CC[C@H]1C(C)(C)c1ccccc1. The Balaban J connectivity index is 2.03. The molecule has 1 aliphatic carbocycles. The number of carbonyl (C=O) groups is 2. The molecule has 1 saturated carbocycles. The number of nitrogens with zero attached hydrogens (tertiary/aromatic N) is 1. The average molecular weight is 568 g/mol. The zero-order chi connectivity index (χ0) is 30.0. The topological polar surface area (TPSA) is 46.6 Å². The first-order valence-electron chi connectivity index (χ1n) is 15.9. The van der Waals surface area contributed by atoms with Gasteiger partial charge in [0.25, 0.3) is 0 Å². The first kappa shape index (κ1) is 32.6. The van der Waals surface area contributed by atoms with Crippen molar-refractivity contribution in [3.63, 3.8) is 0 Å². The molecule has 1 fully saturated rings. The Labute approximate surface area is 246 Å². The molecule has 1 aromatic carbocycles. The van der Waals surface area contributed by atoms with Crippen molar-refractivity contribution in [3.05, 3.63) is 47.3 Å². The zero-order valence-corrected chi connectivity index (χ0v) is 28.3. The number of benzene rings is 1. The van der Waals surface area contributed by atoms with Crippen molar-refractivity contribution in [2.45, 2.75) is 142 Å². The number of hydrogen-bond donors (Lipinski definition) is 0. The molecular weight excluding hydrogens is 510 g/mol. The van der Waals surface area contributed by atoms with Crippen molar-refractivity contribution in [1.29, 1.82) is 0 Å². The molecular formula is C35H57NO3Si. The van der Waals surface area contributed by atoms with E-state index in [1.165, 1.54) is 5.56 Å². The molecule has 2 aliphatic rings. The Bertz CT molecular complexity index is 1020. The maximum Gasteiger partial charge on any atom is 0.414 e. The maximum absolute atomic E-state index is 14.2. The molecule has 0 aromatic heterocycles. The van der Waals surface area contributed by atoms with Gasteiger partial charge in [-0.1, -0.05) is 113 Å². The molecule has 1 aliphatic heterocycles. The third-order valence-corrected chi connectivity index (χ3v) is 17.5. The second kappa shape index (κ2) is 13.0. The van der Waals surface area contributed by atoms with Crippen molar-refractivity contribution < 1.29 is 14.3 Å². The minimum absolute atomic E-state index is 0.114. The largest absolute Gasteiger partial charge is 0.446 e. The van der Waals surface area contributed by atoms with Crippen molar-refractivity contribution in [3.8, 4) is 0 Å². The molecule has 0 saturated heterocycles. The van der Waals surface area contributed by atoms with Gasteiger partial charge in [0.15, 0.2) is 5.78 Å². The van der Waals surface area contributed by atoms with Gasteiger partial charge in [-0.05, 0) is 63.9 Å². The maximum atomic E-state index is 14.2. The van der Waals surface area contributed by atoms with Crippen LogP contribution in [0.4, 0.5) is 4.79 Å². The van der Waals surface area contributed by atoms with E-state index in [0.29, 0.717) is 34.9 Å². The molecule has 0 N–H and O–H groups in total. The molecule has 0 radical (unpaired) electrons. The first-order valence-corrected chi connectivity index (χ1v) is 18.2. The van der Waals surface area contributed by atoms with Gasteiger partial charge >= 0.3 is 6.09 Å². The van der Waals surface area contributed by atoms with E-state index < -0.39 is 8.07 Å². The molecule has 5 heteroatoms. The molecule has 0 unspecified atom stereocenters. The van der Waals surface area contributed by atoms with Crippen LogP contribution in [-0.2, 0) is 14.9 Å². The van der Waals surface area contributed by atoms with E-state index in [-0.39, 0.29) is 35.4 Å². The van der Waals surface area contributed by atoms with Crippen LogP contribution in [0.25, 0.3) is 0 Å². The lowest BCUT2D eigenvalue weighted by atomic mass is 9.64. The Morgan fingerprint density at radius 3 is 2.08 bits per heavy atom. The third kappa shape index (κ3) is 6.45. The predicted molar refractivity (Wildman–Crippen MR) is 170 cm³/mol. The minimum Gasteiger partial charge on any atom is -0.446 e. The summed E-state index contributed by atoms with van der Waals surface area (Å²) in [6.07, 6.45) is 5.85. The van der Waals surface area contributed by atoms with E-state index in [4.69, 9.17) is 4.74 Å². The smallest absolute Gasteiger partial charge is 0.414 e. The standard InChI is InChI=1S/C35H57NO3Si/c1-23(2)19-29-21-31(37)33(40(24(3)4,25(5)6)26(7)8)22-36(29)34(38)39-32-20-27(9)17-18-30(32)35(10,11)28-15-13-12-14-16-28/h12-16,22-27,29-30,32H,17-21H2,1-11H3/t27-,29-,30-,32-/m1/s1. The van der Waals surface area contributed by atoms with Crippen LogP contribution in [-0.4, -0.2) is 37.0 Å².